The molecule has 0 saturated carbocycles. The fourth-order valence-electron chi connectivity index (χ4n) is 12.7. The first-order valence-corrected chi connectivity index (χ1v) is 35.3. The van der Waals surface area contributed by atoms with Gasteiger partial charge < -0.3 is 0 Å². The van der Waals surface area contributed by atoms with Crippen LogP contribution in [0.4, 0.5) is 0 Å². The molecule has 0 saturated heterocycles. The minimum atomic E-state index is 1.33. The lowest BCUT2D eigenvalue weighted by atomic mass is 10.0. The lowest BCUT2D eigenvalue weighted by Gasteiger charge is -2.03. The Morgan fingerprint density at radius 2 is 0.350 bits per heavy atom. The molecule has 0 bridgehead atoms. The molecule has 0 aliphatic heterocycles. The number of fused-ring (bicyclic) bond motifs is 7. The first-order chi connectivity index (χ1) is 48.0. The van der Waals surface area contributed by atoms with Gasteiger partial charge in [-0.1, -0.05) is 353 Å². The van der Waals surface area contributed by atoms with Crippen molar-refractivity contribution >= 4 is 75.4 Å². The molecule has 16 aromatic carbocycles. The highest BCUT2D eigenvalue weighted by atomic mass is 14.1. The maximum absolute atomic E-state index is 2.24. The zero-order chi connectivity index (χ0) is 71.8. The largest absolute Gasteiger partial charge is 0.0617 e. The number of benzene rings is 16. The van der Waals surface area contributed by atoms with Crippen LogP contribution in [0.15, 0.2) is 303 Å². The summed E-state index contributed by atoms with van der Waals surface area (Å²) in [6.45, 7) is 38.5. The Kier molecular flexibility index (Phi) is 27.6. The van der Waals surface area contributed by atoms with Crippen molar-refractivity contribution in [2.75, 3.05) is 0 Å². The lowest BCUT2D eigenvalue weighted by molar-refractivity contribution is 1.39. The van der Waals surface area contributed by atoms with Crippen LogP contribution in [0.2, 0.25) is 0 Å². The normalized spacial score (nSPS) is 10.3. The minimum absolute atomic E-state index is 1.33. The van der Waals surface area contributed by atoms with E-state index < -0.39 is 0 Å². The van der Waals surface area contributed by atoms with E-state index >= 15 is 0 Å². The van der Waals surface area contributed by atoms with Crippen molar-refractivity contribution in [1.29, 1.82) is 0 Å². The van der Waals surface area contributed by atoms with E-state index in [1.807, 2.05) is 0 Å². The third kappa shape index (κ3) is 21.9. The van der Waals surface area contributed by atoms with E-state index in [1.54, 1.807) is 0 Å². The van der Waals surface area contributed by atoms with Gasteiger partial charge in [0.05, 0.1) is 0 Å². The number of aryl methyl sites for hydroxylation is 18. The topological polar surface area (TPSA) is 0 Å². The van der Waals surface area contributed by atoms with Gasteiger partial charge in [0, 0.05) is 0 Å². The van der Waals surface area contributed by atoms with Crippen LogP contribution in [0.3, 0.4) is 0 Å². The second-order valence-electron chi connectivity index (χ2n) is 27.3. The zero-order valence-electron chi connectivity index (χ0n) is 62.9. The van der Waals surface area contributed by atoms with Crippen LogP contribution < -0.4 is 0 Å². The fraction of sp³-hybridized carbons (Fsp3) is 0.180. The molecule has 0 aromatic heterocycles. The Balaban J connectivity index is 0.000000144. The second kappa shape index (κ2) is 36.8. The Morgan fingerprint density at radius 1 is 0.110 bits per heavy atom. The summed E-state index contributed by atoms with van der Waals surface area (Å²) in [5.41, 5.74) is 24.2. The van der Waals surface area contributed by atoms with E-state index in [1.165, 1.54) is 176 Å². The van der Waals surface area contributed by atoms with Gasteiger partial charge in [0.1, 0.15) is 0 Å². The Morgan fingerprint density at radius 3 is 0.730 bits per heavy atom. The fourth-order valence-corrected chi connectivity index (χ4v) is 12.7. The monoisotopic (exact) mass is 1300 g/mol. The molecule has 0 aliphatic carbocycles. The minimum Gasteiger partial charge on any atom is -0.0617 e. The average molecular weight is 1310 g/mol. The molecule has 0 aliphatic rings. The highest BCUT2D eigenvalue weighted by Crippen LogP contribution is 2.26. The van der Waals surface area contributed by atoms with Crippen molar-refractivity contribution in [3.05, 3.63) is 403 Å². The Bertz CT molecular complexity index is 4950. The predicted molar refractivity (Wildman–Crippen MR) is 446 cm³/mol. The van der Waals surface area contributed by atoms with Crippen LogP contribution in [0.5, 0.6) is 0 Å². The maximum atomic E-state index is 2.24. The molecule has 0 heterocycles. The van der Waals surface area contributed by atoms with Gasteiger partial charge in [0.25, 0.3) is 0 Å². The summed E-state index contributed by atoms with van der Waals surface area (Å²) in [4.78, 5) is 0. The molecule has 16 aromatic rings. The summed E-state index contributed by atoms with van der Waals surface area (Å²) in [6.07, 6.45) is 0. The van der Waals surface area contributed by atoms with E-state index in [4.69, 9.17) is 0 Å². The van der Waals surface area contributed by atoms with Crippen molar-refractivity contribution < 1.29 is 0 Å². The molecule has 0 atom stereocenters. The van der Waals surface area contributed by atoms with E-state index in [9.17, 15) is 0 Å². The molecular weight excluding hydrogens is 1200 g/mol. The number of hydrogen-bond acceptors (Lipinski definition) is 0. The van der Waals surface area contributed by atoms with Gasteiger partial charge in [0.15, 0.2) is 0 Å². The van der Waals surface area contributed by atoms with Crippen molar-refractivity contribution in [2.24, 2.45) is 0 Å². The molecule has 0 unspecified atom stereocenters. The summed E-state index contributed by atoms with van der Waals surface area (Å²) < 4.78 is 0. The van der Waals surface area contributed by atoms with E-state index in [0.717, 1.165) is 0 Å². The first-order valence-electron chi connectivity index (χ1n) is 35.3. The SMILES string of the molecule is Cc1cc(C)c2ccccc2c1.Cc1cc(C)c2ccccc2c1.Cc1ccc(C)c2ccccc12.Cc1ccc(C)cc1.Cc1ccc2c(C)cccc2c1.Cc1ccc2c(C)cccc2c1.Cc1ccc2cccc(C)c2c1.Cc1cccc(C)c1.Cc1cccc2c(C)cccc12. The van der Waals surface area contributed by atoms with Gasteiger partial charge in [0.2, 0.25) is 0 Å². The summed E-state index contributed by atoms with van der Waals surface area (Å²) >= 11 is 0. The molecule has 0 amide bonds. The van der Waals surface area contributed by atoms with Gasteiger partial charge in [-0.15, -0.1) is 0 Å². The first kappa shape index (κ1) is 75.1. The number of rotatable bonds is 0. The molecule has 504 valence electrons. The van der Waals surface area contributed by atoms with Crippen LogP contribution in [0.25, 0.3) is 75.4 Å². The van der Waals surface area contributed by atoms with Crippen LogP contribution >= 0.6 is 0 Å². The highest BCUT2D eigenvalue weighted by molar-refractivity contribution is 5.91. The maximum Gasteiger partial charge on any atom is -0.0152 e. The Hall–Kier alpha value is -10.7. The lowest BCUT2D eigenvalue weighted by Crippen LogP contribution is -1.80. The van der Waals surface area contributed by atoms with Crippen molar-refractivity contribution in [1.82, 2.24) is 0 Å². The van der Waals surface area contributed by atoms with E-state index in [2.05, 4.69) is 428 Å². The molecule has 0 radical (unpaired) electrons. The van der Waals surface area contributed by atoms with E-state index in [-0.39, 0.29) is 0 Å². The molecule has 100 heavy (non-hydrogen) atoms. The number of hydrogen-bond donors (Lipinski definition) is 0. The van der Waals surface area contributed by atoms with Crippen LogP contribution in [0, 0.1) is 125 Å². The molecule has 0 nitrogen and oxygen atoms in total. The third-order valence-corrected chi connectivity index (χ3v) is 18.3. The van der Waals surface area contributed by atoms with Crippen LogP contribution in [-0.2, 0) is 0 Å². The average Bonchev–Trinajstić information content (AvgIpc) is 0.847. The quantitative estimate of drug-likeness (QED) is 0.142. The van der Waals surface area contributed by atoms with Gasteiger partial charge in [-0.25, -0.2) is 0 Å². The predicted octanol–water partition coefficient (Wildman–Crippen LogP) is 28.8. The van der Waals surface area contributed by atoms with Gasteiger partial charge in [-0.2, -0.15) is 0 Å². The standard InChI is InChI=1S/7C12H12.2C8H10/c1-9-5-3-8-12-10(2)6-4-7-11(9)12;2*1-9-6-7-12-10(2)4-3-5-11(12)8-9;1-9-6-7-11-5-3-4-10(2)12(11)8-9;2*1-9-7-10(2)12-6-4-3-5-11(12)8-9;1-9-7-8-10(2)12-6-4-3-5-11(9)12;1-7-3-5-8(2)6-4-7;1-7-4-3-5-8(2)6-7/h7*3-8H,1-2H3;2*3-6H,1-2H3. The van der Waals surface area contributed by atoms with Gasteiger partial charge >= 0.3 is 0 Å². The van der Waals surface area contributed by atoms with Crippen molar-refractivity contribution in [3.63, 3.8) is 0 Å². The van der Waals surface area contributed by atoms with Gasteiger partial charge in [-0.05, 0) is 250 Å². The van der Waals surface area contributed by atoms with Gasteiger partial charge in [-0.3, -0.25) is 0 Å². The summed E-state index contributed by atoms with van der Waals surface area (Å²) in [5, 5.41) is 19.0. The van der Waals surface area contributed by atoms with E-state index in [0.29, 0.717) is 0 Å². The molecule has 0 N–H and O–H groups in total. The Labute approximate surface area is 599 Å². The second-order valence-corrected chi connectivity index (χ2v) is 27.3. The third-order valence-electron chi connectivity index (χ3n) is 18.3. The molecule has 16 rings (SSSR count). The summed E-state index contributed by atoms with van der Waals surface area (Å²) in [6, 6.07) is 108. The zero-order valence-corrected chi connectivity index (χ0v) is 62.9. The van der Waals surface area contributed by atoms with Crippen molar-refractivity contribution in [3.8, 4) is 0 Å². The van der Waals surface area contributed by atoms with Crippen LogP contribution in [-0.4, -0.2) is 0 Å². The van der Waals surface area contributed by atoms with Crippen molar-refractivity contribution in [2.45, 2.75) is 125 Å². The molecule has 0 heteroatoms. The molecule has 0 fully saturated rings. The molecule has 0 spiro atoms. The summed E-state index contributed by atoms with van der Waals surface area (Å²) in [7, 11) is 0. The van der Waals surface area contributed by atoms with Crippen LogP contribution in [0.1, 0.15) is 100 Å². The summed E-state index contributed by atoms with van der Waals surface area (Å²) in [5.74, 6) is 0. The molecular formula is C100H104. The highest BCUT2D eigenvalue weighted by Gasteiger charge is 2.02. The smallest absolute Gasteiger partial charge is 0.0152 e.